The average molecular weight is 469 g/mol. The second-order valence-electron chi connectivity index (χ2n) is 6.97. The van der Waals surface area contributed by atoms with Crippen LogP contribution in [0.15, 0.2) is 57.4 Å². The first-order chi connectivity index (χ1) is 14.0. The summed E-state index contributed by atoms with van der Waals surface area (Å²) in [7, 11) is -4.31. The Morgan fingerprint density at radius 2 is 1.80 bits per heavy atom. The highest BCUT2D eigenvalue weighted by Gasteiger charge is 2.18. The molecule has 30 heavy (non-hydrogen) atoms. The molecular formula is C19H24N4O4S3. The number of thioether (sulfide) groups is 1. The number of aromatic nitrogens is 2. The lowest BCUT2D eigenvalue weighted by Crippen LogP contribution is -2.22. The number of hydrogen-bond donors (Lipinski definition) is 1. The van der Waals surface area contributed by atoms with E-state index in [0.717, 1.165) is 29.2 Å². The van der Waals surface area contributed by atoms with Gasteiger partial charge in [0.25, 0.3) is 0 Å². The van der Waals surface area contributed by atoms with Crippen molar-refractivity contribution < 1.29 is 16.8 Å². The van der Waals surface area contributed by atoms with Crippen LogP contribution in [0.3, 0.4) is 0 Å². The number of nitrogens with zero attached hydrogens (tertiary/aromatic N) is 3. The van der Waals surface area contributed by atoms with Crippen molar-refractivity contribution in [2.45, 2.75) is 40.6 Å². The van der Waals surface area contributed by atoms with E-state index in [2.05, 4.69) is 11.9 Å². The Kier molecular flexibility index (Phi) is 6.58. The molecule has 3 aromatic rings. The molecule has 8 nitrogen and oxygen atoms in total. The van der Waals surface area contributed by atoms with Crippen molar-refractivity contribution >= 4 is 42.8 Å². The molecule has 0 saturated heterocycles. The summed E-state index contributed by atoms with van der Waals surface area (Å²) in [6.45, 7) is 2.77. The van der Waals surface area contributed by atoms with Gasteiger partial charge in [-0.05, 0) is 42.3 Å². The highest BCUT2D eigenvalue weighted by atomic mass is 32.2. The van der Waals surface area contributed by atoms with Gasteiger partial charge in [0, 0.05) is 26.4 Å². The summed E-state index contributed by atoms with van der Waals surface area (Å²) in [5.41, 5.74) is 2.24. The fraction of sp³-hybridized carbons (Fsp3) is 0.316. The molecule has 0 saturated carbocycles. The zero-order chi connectivity index (χ0) is 22.1. The summed E-state index contributed by atoms with van der Waals surface area (Å²) in [5, 5.41) is 5.97. The molecule has 0 unspecified atom stereocenters. The van der Waals surface area contributed by atoms with Gasteiger partial charge < -0.3 is 4.57 Å². The number of benzene rings is 2. The van der Waals surface area contributed by atoms with Gasteiger partial charge in [-0.15, -0.1) is 0 Å². The average Bonchev–Trinajstić information content (AvgIpc) is 3.03. The molecule has 0 amide bonds. The van der Waals surface area contributed by atoms with Gasteiger partial charge in [0.05, 0.1) is 20.8 Å². The highest BCUT2D eigenvalue weighted by Crippen LogP contribution is 2.29. The van der Waals surface area contributed by atoms with Crippen molar-refractivity contribution in [1.82, 2.24) is 13.9 Å². The van der Waals surface area contributed by atoms with E-state index in [-0.39, 0.29) is 9.79 Å². The summed E-state index contributed by atoms with van der Waals surface area (Å²) < 4.78 is 51.3. The van der Waals surface area contributed by atoms with Crippen LogP contribution in [0.4, 0.5) is 0 Å². The third-order valence-corrected chi connectivity index (χ3v) is 8.28. The molecule has 0 bridgehead atoms. The molecule has 162 valence electrons. The van der Waals surface area contributed by atoms with Crippen LogP contribution >= 0.6 is 11.8 Å². The Bertz CT molecular complexity index is 1280. The summed E-state index contributed by atoms with van der Waals surface area (Å²) in [6.07, 6.45) is 0.881. The number of aryl methyl sites for hydroxylation is 1. The quantitative estimate of drug-likeness (QED) is 0.508. The third-order valence-electron chi connectivity index (χ3n) is 4.51. The van der Waals surface area contributed by atoms with Gasteiger partial charge in [-0.25, -0.2) is 31.3 Å². The fourth-order valence-corrected chi connectivity index (χ4v) is 5.46. The predicted molar refractivity (Wildman–Crippen MR) is 118 cm³/mol. The maximum absolute atomic E-state index is 12.4. The van der Waals surface area contributed by atoms with Gasteiger partial charge in [0.15, 0.2) is 5.16 Å². The van der Waals surface area contributed by atoms with E-state index in [1.807, 2.05) is 10.6 Å². The van der Waals surface area contributed by atoms with E-state index in [0.29, 0.717) is 11.3 Å². The van der Waals surface area contributed by atoms with E-state index < -0.39 is 20.0 Å². The van der Waals surface area contributed by atoms with Crippen LogP contribution in [0.2, 0.25) is 0 Å². The van der Waals surface area contributed by atoms with Gasteiger partial charge in [-0.1, -0.05) is 30.8 Å². The van der Waals surface area contributed by atoms with Gasteiger partial charge in [0.1, 0.15) is 0 Å². The topological polar surface area (TPSA) is 115 Å². The Labute approximate surface area is 181 Å². The number of fused-ring (bicyclic) bond motifs is 1. The Morgan fingerprint density at radius 3 is 2.43 bits per heavy atom. The number of nitrogens with two attached hydrogens (primary N) is 1. The summed E-state index contributed by atoms with van der Waals surface area (Å²) in [5.74, 6) is 0.520. The van der Waals surface area contributed by atoms with Crippen LogP contribution < -0.4 is 5.14 Å². The minimum atomic E-state index is -3.81. The second-order valence-corrected chi connectivity index (χ2v) is 11.6. The van der Waals surface area contributed by atoms with Gasteiger partial charge in [-0.3, -0.25) is 0 Å². The van der Waals surface area contributed by atoms with E-state index in [1.165, 1.54) is 42.3 Å². The van der Waals surface area contributed by atoms with Crippen LogP contribution in [0, 0.1) is 0 Å². The summed E-state index contributed by atoms with van der Waals surface area (Å²) in [6, 6.07) is 11.5. The molecule has 11 heteroatoms. The Hall–Kier alpha value is -1.92. The molecule has 2 aromatic carbocycles. The fourth-order valence-electron chi connectivity index (χ4n) is 2.97. The first-order valence-corrected chi connectivity index (χ1v) is 13.2. The molecule has 0 aliphatic heterocycles. The van der Waals surface area contributed by atoms with E-state index in [4.69, 9.17) is 5.14 Å². The van der Waals surface area contributed by atoms with E-state index >= 15 is 0 Å². The first-order valence-electron chi connectivity index (χ1n) is 9.21. The highest BCUT2D eigenvalue weighted by molar-refractivity contribution is 7.98. The van der Waals surface area contributed by atoms with Gasteiger partial charge in [0.2, 0.25) is 20.0 Å². The third kappa shape index (κ3) is 4.70. The number of sulfonamides is 2. The summed E-state index contributed by atoms with van der Waals surface area (Å²) >= 11 is 1.47. The number of rotatable bonds is 8. The molecule has 0 aliphatic carbocycles. The standard InChI is InChI=1S/C19H24N4O4S3/c1-4-10-23-18-9-8-15(29(20,24)25)12-17(18)21-19(23)28-13-14-6-5-7-16(11-14)30(26,27)22(2)3/h5-9,11-12H,4,10,13H2,1-3H3,(H2,20,24,25). The molecule has 2 N–H and O–H groups in total. The molecule has 0 atom stereocenters. The largest absolute Gasteiger partial charge is 0.319 e. The van der Waals surface area contributed by atoms with Gasteiger partial charge >= 0.3 is 0 Å². The zero-order valence-electron chi connectivity index (χ0n) is 16.9. The van der Waals surface area contributed by atoms with Crippen molar-refractivity contribution in [2.75, 3.05) is 14.1 Å². The van der Waals surface area contributed by atoms with Crippen molar-refractivity contribution in [2.24, 2.45) is 5.14 Å². The molecule has 1 aromatic heterocycles. The maximum atomic E-state index is 12.4. The number of hydrogen-bond acceptors (Lipinski definition) is 6. The molecular weight excluding hydrogens is 444 g/mol. The van der Waals surface area contributed by atoms with Crippen molar-refractivity contribution in [1.29, 1.82) is 0 Å². The van der Waals surface area contributed by atoms with Crippen molar-refractivity contribution in [3.05, 3.63) is 48.0 Å². The van der Waals surface area contributed by atoms with Crippen LogP contribution in [-0.2, 0) is 32.3 Å². The van der Waals surface area contributed by atoms with Crippen LogP contribution in [0.5, 0.6) is 0 Å². The molecule has 0 radical (unpaired) electrons. The number of primary sulfonamides is 1. The van der Waals surface area contributed by atoms with Crippen LogP contribution in [-0.4, -0.2) is 44.8 Å². The molecule has 1 heterocycles. The van der Waals surface area contributed by atoms with E-state index in [9.17, 15) is 16.8 Å². The Balaban J connectivity index is 1.93. The van der Waals surface area contributed by atoms with Crippen molar-refractivity contribution in [3.63, 3.8) is 0 Å². The monoisotopic (exact) mass is 468 g/mol. The second kappa shape index (κ2) is 8.67. The molecule has 0 fully saturated rings. The lowest BCUT2D eigenvalue weighted by atomic mass is 10.2. The van der Waals surface area contributed by atoms with Gasteiger partial charge in [-0.2, -0.15) is 0 Å². The first kappa shape index (κ1) is 22.8. The molecule has 3 rings (SSSR count). The SMILES string of the molecule is CCCn1c(SCc2cccc(S(=O)(=O)N(C)C)c2)nc2cc(S(N)(=O)=O)ccc21. The predicted octanol–water partition coefficient (Wildman–Crippen LogP) is 2.64. The van der Waals surface area contributed by atoms with Crippen molar-refractivity contribution in [3.8, 4) is 0 Å². The molecule has 0 spiro atoms. The van der Waals surface area contributed by atoms with Crippen LogP contribution in [0.1, 0.15) is 18.9 Å². The summed E-state index contributed by atoms with van der Waals surface area (Å²) in [4.78, 5) is 4.86. The number of imidazole rings is 1. The maximum Gasteiger partial charge on any atom is 0.242 e. The minimum absolute atomic E-state index is 0.0225. The Morgan fingerprint density at radius 1 is 1.07 bits per heavy atom. The van der Waals surface area contributed by atoms with Crippen LogP contribution in [0.25, 0.3) is 11.0 Å². The normalized spacial score (nSPS) is 12.7. The smallest absolute Gasteiger partial charge is 0.242 e. The zero-order valence-corrected chi connectivity index (χ0v) is 19.4. The minimum Gasteiger partial charge on any atom is -0.319 e. The molecule has 0 aliphatic rings. The lowest BCUT2D eigenvalue weighted by Gasteiger charge is -2.12. The van der Waals surface area contributed by atoms with E-state index in [1.54, 1.807) is 24.3 Å². The lowest BCUT2D eigenvalue weighted by molar-refractivity contribution is 0.520.